The van der Waals surface area contributed by atoms with Crippen molar-refractivity contribution in [2.75, 3.05) is 17.7 Å². The van der Waals surface area contributed by atoms with E-state index in [1.54, 1.807) is 12.3 Å². The maximum atomic E-state index is 5.66. The van der Waals surface area contributed by atoms with E-state index in [0.717, 1.165) is 11.5 Å². The molecule has 0 saturated carbocycles. The Morgan fingerprint density at radius 2 is 1.84 bits per heavy atom. The van der Waals surface area contributed by atoms with Crippen molar-refractivity contribution in [2.45, 2.75) is 26.3 Å². The number of benzene rings is 1. The zero-order valence-corrected chi connectivity index (χ0v) is 11.7. The highest BCUT2D eigenvalue weighted by molar-refractivity contribution is 5.47. The lowest BCUT2D eigenvalue weighted by molar-refractivity contribution is 0.836. The quantitative estimate of drug-likeness (QED) is 0.914. The van der Waals surface area contributed by atoms with E-state index in [9.17, 15) is 0 Å². The van der Waals surface area contributed by atoms with Gasteiger partial charge in [-0.3, -0.25) is 0 Å². The van der Waals surface area contributed by atoms with Gasteiger partial charge in [0.2, 0.25) is 0 Å². The molecule has 4 nitrogen and oxygen atoms in total. The topological polar surface area (TPSA) is 55.0 Å². The number of hydrogen-bond acceptors (Lipinski definition) is 4. The number of nitrogens with zero attached hydrogens (tertiary/aromatic N) is 3. The molecule has 0 unspecified atom stereocenters. The number of nitrogen functional groups attached to an aromatic ring is 1. The van der Waals surface area contributed by atoms with E-state index in [-0.39, 0.29) is 0 Å². The molecule has 2 rings (SSSR count). The Hall–Kier alpha value is -2.10. The molecule has 0 spiro atoms. The van der Waals surface area contributed by atoms with Crippen molar-refractivity contribution in [3.63, 3.8) is 0 Å². The maximum absolute atomic E-state index is 5.66. The number of rotatable bonds is 4. The zero-order chi connectivity index (χ0) is 13.8. The van der Waals surface area contributed by atoms with Crippen molar-refractivity contribution in [3.05, 3.63) is 47.9 Å². The number of aromatic nitrogens is 2. The largest absolute Gasteiger partial charge is 0.384 e. The van der Waals surface area contributed by atoms with E-state index in [2.05, 4.69) is 53.0 Å². The van der Waals surface area contributed by atoms with Crippen LogP contribution in [0.2, 0.25) is 0 Å². The molecule has 0 saturated heterocycles. The Morgan fingerprint density at radius 3 is 2.42 bits per heavy atom. The van der Waals surface area contributed by atoms with Gasteiger partial charge in [0, 0.05) is 18.9 Å². The van der Waals surface area contributed by atoms with E-state index in [1.165, 1.54) is 5.56 Å². The first-order chi connectivity index (χ1) is 9.06. The minimum atomic E-state index is 0.508. The molecule has 1 aromatic carbocycles. The van der Waals surface area contributed by atoms with Gasteiger partial charge in [-0.2, -0.15) is 0 Å². The molecule has 1 heterocycles. The van der Waals surface area contributed by atoms with E-state index in [0.29, 0.717) is 18.3 Å². The van der Waals surface area contributed by atoms with Gasteiger partial charge in [0.1, 0.15) is 11.6 Å². The summed E-state index contributed by atoms with van der Waals surface area (Å²) in [6.45, 7) is 5.03. The fraction of sp³-hybridized carbons (Fsp3) is 0.333. The van der Waals surface area contributed by atoms with Crippen LogP contribution in [0.3, 0.4) is 0 Å². The Kier molecular flexibility index (Phi) is 4.00. The predicted octanol–water partition coefficient (Wildman–Crippen LogP) is 2.82. The molecule has 4 heteroatoms. The molecule has 100 valence electrons. The summed E-state index contributed by atoms with van der Waals surface area (Å²) in [5.41, 5.74) is 8.15. The van der Waals surface area contributed by atoms with Crippen LogP contribution in [-0.2, 0) is 6.54 Å². The Bertz CT molecular complexity index is 534. The van der Waals surface area contributed by atoms with Crippen LogP contribution in [0, 0.1) is 0 Å². The molecule has 0 aliphatic rings. The highest BCUT2D eigenvalue weighted by Gasteiger charge is 2.05. The van der Waals surface area contributed by atoms with Gasteiger partial charge in [0.25, 0.3) is 0 Å². The first kappa shape index (κ1) is 13.3. The van der Waals surface area contributed by atoms with Crippen molar-refractivity contribution in [2.24, 2.45) is 0 Å². The molecule has 0 atom stereocenters. The van der Waals surface area contributed by atoms with Crippen molar-refractivity contribution in [3.8, 4) is 0 Å². The minimum absolute atomic E-state index is 0.508. The van der Waals surface area contributed by atoms with Crippen LogP contribution in [-0.4, -0.2) is 17.0 Å². The fourth-order valence-electron chi connectivity index (χ4n) is 1.91. The van der Waals surface area contributed by atoms with Crippen molar-refractivity contribution in [1.29, 1.82) is 0 Å². The van der Waals surface area contributed by atoms with Crippen LogP contribution in [0.1, 0.15) is 31.2 Å². The summed E-state index contributed by atoms with van der Waals surface area (Å²) >= 11 is 0. The van der Waals surface area contributed by atoms with Gasteiger partial charge >= 0.3 is 0 Å². The molecule has 0 aliphatic heterocycles. The summed E-state index contributed by atoms with van der Waals surface area (Å²) in [6, 6.07) is 10.3. The second-order valence-electron chi connectivity index (χ2n) is 5.00. The summed E-state index contributed by atoms with van der Waals surface area (Å²) in [4.78, 5) is 10.5. The number of nitrogens with two attached hydrogens (primary N) is 1. The average molecular weight is 256 g/mol. The highest BCUT2D eigenvalue weighted by atomic mass is 15.1. The van der Waals surface area contributed by atoms with Gasteiger partial charge in [-0.25, -0.2) is 9.97 Å². The lowest BCUT2D eigenvalue weighted by Crippen LogP contribution is -2.18. The first-order valence-corrected chi connectivity index (χ1v) is 6.45. The lowest BCUT2D eigenvalue weighted by Gasteiger charge is -2.19. The smallest absolute Gasteiger partial charge is 0.149 e. The third-order valence-electron chi connectivity index (χ3n) is 3.11. The second-order valence-corrected chi connectivity index (χ2v) is 5.00. The summed E-state index contributed by atoms with van der Waals surface area (Å²) in [5, 5.41) is 0. The maximum Gasteiger partial charge on any atom is 0.149 e. The molecule has 0 fully saturated rings. The Balaban J connectivity index is 2.09. The standard InChI is InChI=1S/C15H20N4/c1-11(2)12-4-6-13(7-5-12)19(3)10-15-17-9-8-14(16)18-15/h4-9,11H,10H2,1-3H3,(H2,16,17,18). The van der Waals surface area contributed by atoms with Gasteiger partial charge in [0.05, 0.1) is 6.54 Å². The third-order valence-corrected chi connectivity index (χ3v) is 3.11. The van der Waals surface area contributed by atoms with Crippen LogP contribution < -0.4 is 10.6 Å². The molecular weight excluding hydrogens is 236 g/mol. The number of hydrogen-bond donors (Lipinski definition) is 1. The molecule has 0 amide bonds. The van der Waals surface area contributed by atoms with Crippen molar-refractivity contribution in [1.82, 2.24) is 9.97 Å². The summed E-state index contributed by atoms with van der Waals surface area (Å²) < 4.78 is 0. The monoisotopic (exact) mass is 256 g/mol. The van der Waals surface area contributed by atoms with Crippen molar-refractivity contribution < 1.29 is 0 Å². The van der Waals surface area contributed by atoms with Crippen LogP contribution in [0.5, 0.6) is 0 Å². The molecule has 2 N–H and O–H groups in total. The highest BCUT2D eigenvalue weighted by Crippen LogP contribution is 2.20. The average Bonchev–Trinajstić information content (AvgIpc) is 2.39. The Labute approximate surface area is 114 Å². The summed E-state index contributed by atoms with van der Waals surface area (Å²) in [6.07, 6.45) is 1.69. The van der Waals surface area contributed by atoms with E-state index >= 15 is 0 Å². The summed E-state index contributed by atoms with van der Waals surface area (Å²) in [5.74, 6) is 1.79. The molecular formula is C15H20N4. The van der Waals surface area contributed by atoms with Gasteiger partial charge in [-0.15, -0.1) is 0 Å². The fourth-order valence-corrected chi connectivity index (χ4v) is 1.91. The normalized spacial score (nSPS) is 10.7. The molecule has 0 aliphatic carbocycles. The van der Waals surface area contributed by atoms with Crippen LogP contribution >= 0.6 is 0 Å². The SMILES string of the molecule is CC(C)c1ccc(N(C)Cc2nccc(N)n2)cc1. The van der Waals surface area contributed by atoms with Gasteiger partial charge < -0.3 is 10.6 Å². The van der Waals surface area contributed by atoms with E-state index in [1.807, 2.05) is 7.05 Å². The molecule has 19 heavy (non-hydrogen) atoms. The molecule has 0 bridgehead atoms. The van der Waals surface area contributed by atoms with E-state index < -0.39 is 0 Å². The third kappa shape index (κ3) is 3.44. The molecule has 0 radical (unpaired) electrons. The number of anilines is 2. The van der Waals surface area contributed by atoms with Crippen LogP contribution in [0.15, 0.2) is 36.5 Å². The van der Waals surface area contributed by atoms with Crippen LogP contribution in [0.4, 0.5) is 11.5 Å². The summed E-state index contributed by atoms with van der Waals surface area (Å²) in [7, 11) is 2.02. The van der Waals surface area contributed by atoms with Crippen LogP contribution in [0.25, 0.3) is 0 Å². The second kappa shape index (κ2) is 5.69. The zero-order valence-electron chi connectivity index (χ0n) is 11.7. The molecule has 1 aromatic heterocycles. The Morgan fingerprint density at radius 1 is 1.16 bits per heavy atom. The van der Waals surface area contributed by atoms with E-state index in [4.69, 9.17) is 5.73 Å². The van der Waals surface area contributed by atoms with Crippen molar-refractivity contribution >= 4 is 11.5 Å². The van der Waals surface area contributed by atoms with Gasteiger partial charge in [-0.05, 0) is 29.7 Å². The van der Waals surface area contributed by atoms with Gasteiger partial charge in [-0.1, -0.05) is 26.0 Å². The first-order valence-electron chi connectivity index (χ1n) is 6.45. The minimum Gasteiger partial charge on any atom is -0.384 e. The lowest BCUT2D eigenvalue weighted by atomic mass is 10.0. The predicted molar refractivity (Wildman–Crippen MR) is 79.1 cm³/mol. The van der Waals surface area contributed by atoms with Gasteiger partial charge in [0.15, 0.2) is 0 Å². The molecule has 2 aromatic rings.